The second-order valence-corrected chi connectivity index (χ2v) is 8.51. The summed E-state index contributed by atoms with van der Waals surface area (Å²) in [6.45, 7) is 10.2. The molecule has 0 radical (unpaired) electrons. The Balaban J connectivity index is 1.79. The summed E-state index contributed by atoms with van der Waals surface area (Å²) in [4.78, 5) is 18.8. The Hall–Kier alpha value is -3.18. The number of ether oxygens (including phenoxy) is 1. The van der Waals surface area contributed by atoms with Gasteiger partial charge in [-0.15, -0.1) is 0 Å². The van der Waals surface area contributed by atoms with Gasteiger partial charge in [-0.05, 0) is 73.5 Å². The van der Waals surface area contributed by atoms with Crippen LogP contribution in [0.15, 0.2) is 82.7 Å². The molecule has 5 heteroatoms. The molecule has 0 aromatic heterocycles. The first-order valence-electron chi connectivity index (χ1n) is 12.2. The molecule has 1 aromatic carbocycles. The molecule has 1 heterocycles. The summed E-state index contributed by atoms with van der Waals surface area (Å²) < 4.78 is 5.07. The molecule has 0 atom stereocenters. The highest BCUT2D eigenvalue weighted by molar-refractivity contribution is 5.87. The average Bonchev–Trinajstić information content (AvgIpc) is 3.06. The van der Waals surface area contributed by atoms with Gasteiger partial charge < -0.3 is 14.7 Å². The minimum Gasteiger partial charge on any atom is -0.463 e. The van der Waals surface area contributed by atoms with Gasteiger partial charge in [0.15, 0.2) is 0 Å². The predicted octanol–water partition coefficient (Wildman–Crippen LogP) is 5.40. The fraction of sp³-hybridized carbons (Fsp3) is 0.379. The molecule has 1 aromatic rings. The van der Waals surface area contributed by atoms with E-state index in [0.717, 1.165) is 37.9 Å². The minimum atomic E-state index is -0.301. The molecule has 180 valence electrons. The number of carbonyl (C=O) groups excluding carboxylic acids is 1. The zero-order valence-corrected chi connectivity index (χ0v) is 20.4. The van der Waals surface area contributed by atoms with Crippen LogP contribution in [-0.2, 0) is 16.0 Å². The highest BCUT2D eigenvalue weighted by atomic mass is 16.5. The molecular weight excluding hydrogens is 424 g/mol. The zero-order valence-electron chi connectivity index (χ0n) is 20.4. The van der Waals surface area contributed by atoms with E-state index in [0.29, 0.717) is 25.0 Å². The number of nitrogens with zero attached hydrogens (tertiary/aromatic N) is 2. The van der Waals surface area contributed by atoms with E-state index in [-0.39, 0.29) is 12.6 Å². The fourth-order valence-corrected chi connectivity index (χ4v) is 4.25. The first kappa shape index (κ1) is 25.4. The van der Waals surface area contributed by atoms with Gasteiger partial charge in [-0.2, -0.15) is 0 Å². The van der Waals surface area contributed by atoms with Crippen molar-refractivity contribution in [3.8, 4) is 0 Å². The van der Waals surface area contributed by atoms with Gasteiger partial charge in [-0.3, -0.25) is 4.99 Å². The van der Waals surface area contributed by atoms with Gasteiger partial charge >= 0.3 is 5.97 Å². The van der Waals surface area contributed by atoms with Crippen molar-refractivity contribution in [2.45, 2.75) is 46.0 Å². The van der Waals surface area contributed by atoms with Crippen LogP contribution in [-0.4, -0.2) is 48.5 Å². The smallest absolute Gasteiger partial charge is 0.333 e. The molecule has 1 aliphatic carbocycles. The van der Waals surface area contributed by atoms with Crippen LogP contribution in [0, 0.1) is 0 Å². The second kappa shape index (κ2) is 12.9. The van der Waals surface area contributed by atoms with Gasteiger partial charge in [0, 0.05) is 49.0 Å². The molecule has 0 saturated heterocycles. The molecule has 0 saturated carbocycles. The Morgan fingerprint density at radius 3 is 2.71 bits per heavy atom. The highest BCUT2D eigenvalue weighted by Crippen LogP contribution is 2.35. The molecule has 0 bridgehead atoms. The number of benzene rings is 1. The van der Waals surface area contributed by atoms with E-state index >= 15 is 0 Å². The van der Waals surface area contributed by atoms with Crippen LogP contribution < -0.4 is 0 Å². The number of fused-ring (bicyclic) bond motifs is 1. The van der Waals surface area contributed by atoms with Crippen molar-refractivity contribution in [2.75, 3.05) is 26.3 Å². The van der Waals surface area contributed by atoms with Crippen LogP contribution in [0.5, 0.6) is 0 Å². The average molecular weight is 461 g/mol. The van der Waals surface area contributed by atoms with Crippen LogP contribution in [0.25, 0.3) is 5.57 Å². The lowest BCUT2D eigenvalue weighted by molar-refractivity contribution is -0.138. The Labute approximate surface area is 203 Å². The Morgan fingerprint density at radius 2 is 2.00 bits per heavy atom. The lowest BCUT2D eigenvalue weighted by Gasteiger charge is -2.30. The highest BCUT2D eigenvalue weighted by Gasteiger charge is 2.21. The third-order valence-corrected chi connectivity index (χ3v) is 6.01. The van der Waals surface area contributed by atoms with Crippen molar-refractivity contribution in [2.24, 2.45) is 4.99 Å². The summed E-state index contributed by atoms with van der Waals surface area (Å²) in [6.07, 6.45) is 14.4. The lowest BCUT2D eigenvalue weighted by atomic mass is 9.88. The number of hydrogen-bond acceptors (Lipinski definition) is 5. The van der Waals surface area contributed by atoms with Crippen LogP contribution in [0.4, 0.5) is 0 Å². The molecule has 1 aliphatic heterocycles. The maximum absolute atomic E-state index is 11.9. The number of hydrogen-bond donors (Lipinski definition) is 1. The molecule has 34 heavy (non-hydrogen) atoms. The molecule has 0 fully saturated rings. The van der Waals surface area contributed by atoms with Gasteiger partial charge in [-0.25, -0.2) is 4.79 Å². The molecule has 3 rings (SSSR count). The molecular formula is C29H36N2O3. The van der Waals surface area contributed by atoms with Crippen molar-refractivity contribution >= 4 is 17.8 Å². The summed E-state index contributed by atoms with van der Waals surface area (Å²) in [6, 6.07) is 8.43. The summed E-state index contributed by atoms with van der Waals surface area (Å²) in [5.41, 5.74) is 7.61. The van der Waals surface area contributed by atoms with Gasteiger partial charge in [0.25, 0.3) is 0 Å². The second-order valence-electron chi connectivity index (χ2n) is 8.51. The normalized spacial score (nSPS) is 14.8. The Kier molecular flexibility index (Phi) is 9.65. The standard InChI is InChI=1S/C29H36N2O3/c1-4-17-31(18-6-7-22(3)29(33)34-5-2)28-14-16-30-21-26-13-12-25(20-27(26)28)24-10-8-23(9-11-24)15-19-32/h8-12,14,16,20-21,32H,3-7,13,15,17-19H2,1-2H3. The number of rotatable bonds is 12. The van der Waals surface area contributed by atoms with Crippen molar-refractivity contribution in [3.63, 3.8) is 0 Å². The SMILES string of the molecule is C=C(CCCN(CCC)C1=CC=NC=C2CC=C(c3ccc(CCO)cc3)C=C21)C(=O)OCC. The van der Waals surface area contributed by atoms with Gasteiger partial charge in [-0.1, -0.05) is 43.8 Å². The van der Waals surface area contributed by atoms with E-state index in [4.69, 9.17) is 4.74 Å². The van der Waals surface area contributed by atoms with Gasteiger partial charge in [0.1, 0.15) is 0 Å². The molecule has 2 aliphatic rings. The molecule has 1 N–H and O–H groups in total. The van der Waals surface area contributed by atoms with Crippen LogP contribution >= 0.6 is 0 Å². The fourth-order valence-electron chi connectivity index (χ4n) is 4.25. The summed E-state index contributed by atoms with van der Waals surface area (Å²) >= 11 is 0. The maximum atomic E-state index is 11.9. The first-order valence-corrected chi connectivity index (χ1v) is 12.2. The largest absolute Gasteiger partial charge is 0.463 e. The van der Waals surface area contributed by atoms with Crippen molar-refractivity contribution < 1.29 is 14.6 Å². The predicted molar refractivity (Wildman–Crippen MR) is 139 cm³/mol. The van der Waals surface area contributed by atoms with E-state index in [2.05, 4.69) is 65.9 Å². The summed E-state index contributed by atoms with van der Waals surface area (Å²) in [5, 5.41) is 9.18. The summed E-state index contributed by atoms with van der Waals surface area (Å²) in [7, 11) is 0. The van der Waals surface area contributed by atoms with Crippen LogP contribution in [0.3, 0.4) is 0 Å². The third kappa shape index (κ3) is 6.67. The van der Waals surface area contributed by atoms with Crippen molar-refractivity contribution in [1.29, 1.82) is 0 Å². The Morgan fingerprint density at radius 1 is 1.21 bits per heavy atom. The molecule has 0 unspecified atom stereocenters. The maximum Gasteiger partial charge on any atom is 0.333 e. The van der Waals surface area contributed by atoms with Gasteiger partial charge in [0.2, 0.25) is 0 Å². The number of aliphatic hydroxyl groups excluding tert-OH is 1. The topological polar surface area (TPSA) is 62.1 Å². The number of carbonyl (C=O) groups is 1. The van der Waals surface area contributed by atoms with E-state index in [1.54, 1.807) is 0 Å². The van der Waals surface area contributed by atoms with Crippen molar-refractivity contribution in [1.82, 2.24) is 4.90 Å². The quantitative estimate of drug-likeness (QED) is 0.335. The number of aliphatic hydroxyl groups is 1. The van der Waals surface area contributed by atoms with Crippen LogP contribution in [0.2, 0.25) is 0 Å². The van der Waals surface area contributed by atoms with Crippen molar-refractivity contribution in [3.05, 3.63) is 88.8 Å². The van der Waals surface area contributed by atoms with E-state index in [1.165, 1.54) is 28.0 Å². The summed E-state index contributed by atoms with van der Waals surface area (Å²) in [5.74, 6) is -0.301. The third-order valence-electron chi connectivity index (χ3n) is 6.01. The number of esters is 1. The van der Waals surface area contributed by atoms with E-state index < -0.39 is 0 Å². The molecule has 5 nitrogen and oxygen atoms in total. The van der Waals surface area contributed by atoms with Crippen LogP contribution in [0.1, 0.15) is 50.7 Å². The number of aliphatic imine (C=N–C) groups is 1. The minimum absolute atomic E-state index is 0.162. The Bertz CT molecular complexity index is 1030. The zero-order chi connectivity index (χ0) is 24.3. The lowest BCUT2D eigenvalue weighted by Crippen LogP contribution is -2.27. The van der Waals surface area contributed by atoms with E-state index in [9.17, 15) is 9.90 Å². The molecule has 0 amide bonds. The number of allylic oxidation sites excluding steroid dienone is 5. The monoisotopic (exact) mass is 460 g/mol. The molecule has 0 spiro atoms. The van der Waals surface area contributed by atoms with Gasteiger partial charge in [0.05, 0.1) is 6.61 Å². The van der Waals surface area contributed by atoms with E-state index in [1.807, 2.05) is 19.3 Å². The first-order chi connectivity index (χ1) is 16.6.